The molecule has 1 amide bonds. The number of aliphatic carboxylic acids is 1. The smallest absolute Gasteiger partial charge is 0.322 e. The molecule has 0 aliphatic rings. The fraction of sp³-hybridized carbons (Fsp3) is 0.800. The number of rotatable bonds is 7. The second-order valence-electron chi connectivity index (χ2n) is 3.77. The first-order valence-electron chi connectivity index (χ1n) is 5.23. The van der Waals surface area contributed by atoms with Gasteiger partial charge in [0, 0.05) is 19.0 Å². The standard InChI is InChI=1S/C10H20N2O3/c1-4-5-9(13)11-6-8(10(14)15)12-7(2)3/h7-8,12H,4-6H2,1-3H3,(H,11,13)(H,14,15). The van der Waals surface area contributed by atoms with Crippen LogP contribution in [-0.4, -0.2) is 35.6 Å². The lowest BCUT2D eigenvalue weighted by Gasteiger charge is -2.17. The molecule has 0 saturated carbocycles. The molecular formula is C10H20N2O3. The summed E-state index contributed by atoms with van der Waals surface area (Å²) >= 11 is 0. The Morgan fingerprint density at radius 3 is 2.33 bits per heavy atom. The molecule has 5 nitrogen and oxygen atoms in total. The fourth-order valence-electron chi connectivity index (χ4n) is 1.15. The quantitative estimate of drug-likeness (QED) is 0.574. The SMILES string of the molecule is CCCC(=O)NCC(NC(C)C)C(=O)O. The Morgan fingerprint density at radius 2 is 1.93 bits per heavy atom. The van der Waals surface area contributed by atoms with E-state index in [0.717, 1.165) is 6.42 Å². The van der Waals surface area contributed by atoms with Gasteiger partial charge in [0.2, 0.25) is 5.91 Å². The zero-order chi connectivity index (χ0) is 11.8. The maximum Gasteiger partial charge on any atom is 0.322 e. The fourth-order valence-corrected chi connectivity index (χ4v) is 1.15. The third kappa shape index (κ3) is 6.90. The molecule has 0 aromatic heterocycles. The molecule has 1 atom stereocenters. The molecule has 0 aromatic rings. The highest BCUT2D eigenvalue weighted by Crippen LogP contribution is 1.89. The van der Waals surface area contributed by atoms with E-state index in [1.165, 1.54) is 0 Å². The van der Waals surface area contributed by atoms with E-state index in [1.807, 2.05) is 20.8 Å². The second-order valence-corrected chi connectivity index (χ2v) is 3.77. The van der Waals surface area contributed by atoms with E-state index in [1.54, 1.807) is 0 Å². The number of hydrogen-bond donors (Lipinski definition) is 3. The zero-order valence-electron chi connectivity index (χ0n) is 9.54. The molecule has 0 spiro atoms. The van der Waals surface area contributed by atoms with Gasteiger partial charge in [-0.3, -0.25) is 9.59 Å². The van der Waals surface area contributed by atoms with Crippen molar-refractivity contribution >= 4 is 11.9 Å². The van der Waals surface area contributed by atoms with Crippen LogP contribution in [0.5, 0.6) is 0 Å². The maximum absolute atomic E-state index is 11.1. The van der Waals surface area contributed by atoms with Gasteiger partial charge in [-0.2, -0.15) is 0 Å². The molecule has 0 bridgehead atoms. The Balaban J connectivity index is 3.96. The molecule has 0 aromatic carbocycles. The van der Waals surface area contributed by atoms with Gasteiger partial charge in [-0.25, -0.2) is 0 Å². The molecule has 0 saturated heterocycles. The lowest BCUT2D eigenvalue weighted by atomic mass is 10.2. The maximum atomic E-state index is 11.1. The molecular weight excluding hydrogens is 196 g/mol. The minimum Gasteiger partial charge on any atom is -0.480 e. The third-order valence-electron chi connectivity index (χ3n) is 1.81. The van der Waals surface area contributed by atoms with Gasteiger partial charge < -0.3 is 15.7 Å². The number of hydrogen-bond acceptors (Lipinski definition) is 3. The number of carboxylic acids is 1. The van der Waals surface area contributed by atoms with Crippen LogP contribution in [0, 0.1) is 0 Å². The number of nitrogens with one attached hydrogen (secondary N) is 2. The summed E-state index contributed by atoms with van der Waals surface area (Å²) in [6.45, 7) is 5.76. The van der Waals surface area contributed by atoms with E-state index in [2.05, 4.69) is 10.6 Å². The lowest BCUT2D eigenvalue weighted by molar-refractivity contribution is -0.139. The van der Waals surface area contributed by atoms with E-state index in [4.69, 9.17) is 5.11 Å². The van der Waals surface area contributed by atoms with E-state index in [0.29, 0.717) is 6.42 Å². The van der Waals surface area contributed by atoms with Gasteiger partial charge in [-0.15, -0.1) is 0 Å². The summed E-state index contributed by atoms with van der Waals surface area (Å²) in [5, 5.41) is 14.3. The third-order valence-corrected chi connectivity index (χ3v) is 1.81. The Morgan fingerprint density at radius 1 is 1.33 bits per heavy atom. The molecule has 5 heteroatoms. The van der Waals surface area contributed by atoms with E-state index < -0.39 is 12.0 Å². The molecule has 15 heavy (non-hydrogen) atoms. The van der Waals surface area contributed by atoms with E-state index in [9.17, 15) is 9.59 Å². The highest BCUT2D eigenvalue weighted by Gasteiger charge is 2.18. The summed E-state index contributed by atoms with van der Waals surface area (Å²) in [6.07, 6.45) is 1.20. The largest absolute Gasteiger partial charge is 0.480 e. The van der Waals surface area contributed by atoms with Crippen LogP contribution < -0.4 is 10.6 Å². The van der Waals surface area contributed by atoms with Crippen LogP contribution in [0.3, 0.4) is 0 Å². The monoisotopic (exact) mass is 216 g/mol. The lowest BCUT2D eigenvalue weighted by Crippen LogP contribution is -2.48. The van der Waals surface area contributed by atoms with Crippen molar-refractivity contribution in [1.82, 2.24) is 10.6 Å². The average molecular weight is 216 g/mol. The Kier molecular flexibility index (Phi) is 6.70. The summed E-state index contributed by atoms with van der Waals surface area (Å²) in [7, 11) is 0. The molecule has 3 N–H and O–H groups in total. The van der Waals surface area contributed by atoms with E-state index in [-0.39, 0.29) is 18.5 Å². The molecule has 0 aliphatic heterocycles. The number of carboxylic acid groups (broad SMARTS) is 1. The molecule has 0 fully saturated rings. The van der Waals surface area contributed by atoms with Gasteiger partial charge in [0.1, 0.15) is 6.04 Å². The summed E-state index contributed by atoms with van der Waals surface area (Å²) in [5.41, 5.74) is 0. The first kappa shape index (κ1) is 13.9. The van der Waals surface area contributed by atoms with Gasteiger partial charge in [0.05, 0.1) is 0 Å². The number of carbonyl (C=O) groups is 2. The first-order chi connectivity index (χ1) is 6.97. The Labute approximate surface area is 90.2 Å². The van der Waals surface area contributed by atoms with Crippen molar-refractivity contribution in [2.75, 3.05) is 6.54 Å². The van der Waals surface area contributed by atoms with Crippen molar-refractivity contribution < 1.29 is 14.7 Å². The normalized spacial score (nSPS) is 12.5. The van der Waals surface area contributed by atoms with Crippen LogP contribution in [0.1, 0.15) is 33.6 Å². The Bertz CT molecular complexity index is 217. The number of amides is 1. The topological polar surface area (TPSA) is 78.4 Å². The predicted octanol–water partition coefficient (Wildman–Crippen LogP) is 0.354. The number of carbonyl (C=O) groups excluding carboxylic acids is 1. The summed E-state index contributed by atoms with van der Waals surface area (Å²) in [6, 6.07) is -0.639. The van der Waals surface area contributed by atoms with Crippen molar-refractivity contribution in [1.29, 1.82) is 0 Å². The second kappa shape index (κ2) is 7.23. The molecule has 0 aliphatic carbocycles. The molecule has 88 valence electrons. The van der Waals surface area contributed by atoms with Crippen LogP contribution in [0.25, 0.3) is 0 Å². The highest BCUT2D eigenvalue weighted by molar-refractivity contribution is 5.78. The van der Waals surface area contributed by atoms with Crippen LogP contribution in [0.2, 0.25) is 0 Å². The van der Waals surface area contributed by atoms with Crippen molar-refractivity contribution in [2.45, 2.75) is 45.7 Å². The van der Waals surface area contributed by atoms with Gasteiger partial charge in [-0.05, 0) is 6.42 Å². The van der Waals surface area contributed by atoms with Gasteiger partial charge in [-0.1, -0.05) is 20.8 Å². The molecule has 0 rings (SSSR count). The van der Waals surface area contributed by atoms with Gasteiger partial charge in [0.15, 0.2) is 0 Å². The van der Waals surface area contributed by atoms with Gasteiger partial charge >= 0.3 is 5.97 Å². The minimum absolute atomic E-state index is 0.0779. The van der Waals surface area contributed by atoms with Crippen LogP contribution in [0.15, 0.2) is 0 Å². The van der Waals surface area contributed by atoms with Crippen LogP contribution in [0.4, 0.5) is 0 Å². The first-order valence-corrected chi connectivity index (χ1v) is 5.23. The Hall–Kier alpha value is -1.10. The summed E-state index contributed by atoms with van der Waals surface area (Å²) in [4.78, 5) is 21.9. The van der Waals surface area contributed by atoms with E-state index >= 15 is 0 Å². The predicted molar refractivity (Wildman–Crippen MR) is 57.6 cm³/mol. The molecule has 0 heterocycles. The van der Waals surface area contributed by atoms with Crippen LogP contribution in [-0.2, 0) is 9.59 Å². The molecule has 0 radical (unpaired) electrons. The highest BCUT2D eigenvalue weighted by atomic mass is 16.4. The minimum atomic E-state index is -0.944. The summed E-state index contributed by atoms with van der Waals surface area (Å²) in [5.74, 6) is -1.05. The van der Waals surface area contributed by atoms with Crippen LogP contribution >= 0.6 is 0 Å². The summed E-state index contributed by atoms with van der Waals surface area (Å²) < 4.78 is 0. The molecule has 1 unspecified atom stereocenters. The average Bonchev–Trinajstić information content (AvgIpc) is 2.11. The van der Waals surface area contributed by atoms with Gasteiger partial charge in [0.25, 0.3) is 0 Å². The van der Waals surface area contributed by atoms with Crippen molar-refractivity contribution in [3.8, 4) is 0 Å². The van der Waals surface area contributed by atoms with Crippen molar-refractivity contribution in [3.05, 3.63) is 0 Å². The van der Waals surface area contributed by atoms with Crippen molar-refractivity contribution in [3.63, 3.8) is 0 Å². The van der Waals surface area contributed by atoms with Crippen molar-refractivity contribution in [2.24, 2.45) is 0 Å². The zero-order valence-corrected chi connectivity index (χ0v) is 9.54.